The normalized spacial score (nSPS) is 11.2. The molecule has 0 saturated carbocycles. The number of aromatic nitrogens is 1. The Morgan fingerprint density at radius 3 is 2.67 bits per heavy atom. The molecule has 2 aromatic rings. The number of hydrogen-bond acceptors (Lipinski definition) is 5. The van der Waals surface area contributed by atoms with Gasteiger partial charge < -0.3 is 21.1 Å². The van der Waals surface area contributed by atoms with Gasteiger partial charge in [-0.25, -0.2) is 9.98 Å². The second-order valence-corrected chi connectivity index (χ2v) is 6.33. The minimum Gasteiger partial charge on any atom is -0.508 e. The average Bonchev–Trinajstić information content (AvgIpc) is 2.98. The van der Waals surface area contributed by atoms with Crippen LogP contribution in [0.4, 0.5) is 5.69 Å². The topological polar surface area (TPSA) is 98.6 Å². The van der Waals surface area contributed by atoms with Crippen molar-refractivity contribution < 1.29 is 9.90 Å². The number of phenols is 1. The van der Waals surface area contributed by atoms with Gasteiger partial charge in [0.1, 0.15) is 17.3 Å². The minimum absolute atomic E-state index is 0.00684. The molecule has 0 spiro atoms. The van der Waals surface area contributed by atoms with Crippen molar-refractivity contribution in [1.82, 2.24) is 15.6 Å². The fourth-order valence-electron chi connectivity index (χ4n) is 1.88. The monoisotopic (exact) mass is 347 g/mol. The molecule has 0 aliphatic heterocycles. The van der Waals surface area contributed by atoms with Gasteiger partial charge in [0.05, 0.1) is 6.54 Å². The number of carbonyl (C=O) groups excluding carboxylic acids is 1. The van der Waals surface area contributed by atoms with Gasteiger partial charge in [0.15, 0.2) is 5.96 Å². The summed E-state index contributed by atoms with van der Waals surface area (Å²) in [6.07, 6.45) is 1.83. The lowest BCUT2D eigenvalue weighted by Crippen LogP contribution is -2.37. The van der Waals surface area contributed by atoms with Crippen molar-refractivity contribution in [3.63, 3.8) is 0 Å². The highest BCUT2D eigenvalue weighted by Gasteiger charge is 2.04. The Bertz CT molecular complexity index is 697. The standard InChI is InChI=1S/C16H21N5O2S/c1-3-17-16(20-10-15-18-8-11(2)24-15)19-9-14(23)21-12-4-6-13(22)7-5-12/h4-8,22H,3,9-10H2,1-2H3,(H,21,23)(H2,17,19,20). The Kier molecular flexibility index (Phi) is 6.56. The summed E-state index contributed by atoms with van der Waals surface area (Å²) in [6, 6.07) is 6.29. The van der Waals surface area contributed by atoms with E-state index in [-0.39, 0.29) is 18.2 Å². The SMILES string of the molecule is CCNC(=NCC(=O)Nc1ccc(O)cc1)NCc1ncc(C)s1. The van der Waals surface area contributed by atoms with E-state index in [1.807, 2.05) is 20.0 Å². The molecule has 0 aliphatic carbocycles. The first-order valence-corrected chi connectivity index (χ1v) is 8.41. The zero-order valence-corrected chi connectivity index (χ0v) is 14.5. The first kappa shape index (κ1) is 17.7. The molecule has 0 saturated heterocycles. The van der Waals surface area contributed by atoms with Gasteiger partial charge in [-0.05, 0) is 38.1 Å². The molecule has 7 nitrogen and oxygen atoms in total. The molecule has 0 aliphatic rings. The summed E-state index contributed by atoms with van der Waals surface area (Å²) in [5, 5.41) is 19.2. The summed E-state index contributed by atoms with van der Waals surface area (Å²) in [4.78, 5) is 21.6. The molecule has 1 heterocycles. The Hall–Kier alpha value is -2.61. The van der Waals surface area contributed by atoms with Crippen LogP contribution in [-0.4, -0.2) is 35.0 Å². The number of nitrogens with one attached hydrogen (secondary N) is 3. The number of nitrogens with zero attached hydrogens (tertiary/aromatic N) is 2. The number of amides is 1. The molecular formula is C16H21N5O2S. The van der Waals surface area contributed by atoms with Crippen LogP contribution in [0, 0.1) is 6.92 Å². The highest BCUT2D eigenvalue weighted by atomic mass is 32.1. The third-order valence-corrected chi connectivity index (χ3v) is 3.87. The molecular weight excluding hydrogens is 326 g/mol. The summed E-state index contributed by atoms with van der Waals surface area (Å²) in [6.45, 7) is 5.22. The predicted molar refractivity (Wildman–Crippen MR) is 96.4 cm³/mol. The number of aromatic hydroxyl groups is 1. The molecule has 128 valence electrons. The number of benzene rings is 1. The van der Waals surface area contributed by atoms with E-state index >= 15 is 0 Å². The van der Waals surface area contributed by atoms with E-state index in [1.54, 1.807) is 23.5 Å². The van der Waals surface area contributed by atoms with Crippen molar-refractivity contribution in [2.45, 2.75) is 20.4 Å². The first-order chi connectivity index (χ1) is 11.6. The second-order valence-electron chi connectivity index (χ2n) is 5.01. The van der Waals surface area contributed by atoms with E-state index < -0.39 is 0 Å². The van der Waals surface area contributed by atoms with Crippen LogP contribution in [0.3, 0.4) is 0 Å². The molecule has 4 N–H and O–H groups in total. The van der Waals surface area contributed by atoms with E-state index in [9.17, 15) is 9.90 Å². The molecule has 0 radical (unpaired) electrons. The number of anilines is 1. The maximum absolute atomic E-state index is 11.9. The van der Waals surface area contributed by atoms with Crippen molar-refractivity contribution in [3.8, 4) is 5.75 Å². The summed E-state index contributed by atoms with van der Waals surface area (Å²) < 4.78 is 0. The third kappa shape index (κ3) is 5.88. The van der Waals surface area contributed by atoms with Gasteiger partial charge in [0.2, 0.25) is 5.91 Å². The van der Waals surface area contributed by atoms with Crippen LogP contribution < -0.4 is 16.0 Å². The molecule has 0 unspecified atom stereocenters. The van der Waals surface area contributed by atoms with Crippen molar-refractivity contribution >= 4 is 28.9 Å². The number of phenolic OH excluding ortho intramolecular Hbond substituents is 1. The lowest BCUT2D eigenvalue weighted by atomic mass is 10.3. The van der Waals surface area contributed by atoms with Gasteiger partial charge in [0, 0.05) is 23.3 Å². The van der Waals surface area contributed by atoms with Crippen LogP contribution in [-0.2, 0) is 11.3 Å². The number of hydrogen-bond donors (Lipinski definition) is 4. The van der Waals surface area contributed by atoms with Gasteiger partial charge in [-0.3, -0.25) is 4.79 Å². The Balaban J connectivity index is 1.86. The number of aliphatic imine (C=N–C) groups is 1. The fourth-order valence-corrected chi connectivity index (χ4v) is 2.61. The fraction of sp³-hybridized carbons (Fsp3) is 0.312. The highest BCUT2D eigenvalue weighted by Crippen LogP contribution is 2.13. The second kappa shape index (κ2) is 8.88. The molecule has 0 atom stereocenters. The highest BCUT2D eigenvalue weighted by molar-refractivity contribution is 7.11. The molecule has 8 heteroatoms. The molecule has 1 aromatic heterocycles. The maximum atomic E-state index is 11.9. The number of aryl methyl sites for hydroxylation is 1. The van der Waals surface area contributed by atoms with E-state index in [1.165, 1.54) is 12.1 Å². The van der Waals surface area contributed by atoms with E-state index in [2.05, 4.69) is 25.9 Å². The number of carbonyl (C=O) groups is 1. The van der Waals surface area contributed by atoms with Crippen molar-refractivity contribution in [3.05, 3.63) is 40.3 Å². The Labute approximate surface area is 144 Å². The number of guanidine groups is 1. The van der Waals surface area contributed by atoms with Crippen LogP contribution in [0.15, 0.2) is 35.5 Å². The number of thiazole rings is 1. The van der Waals surface area contributed by atoms with Crippen molar-refractivity contribution in [2.75, 3.05) is 18.4 Å². The smallest absolute Gasteiger partial charge is 0.246 e. The zero-order chi connectivity index (χ0) is 17.4. The lowest BCUT2D eigenvalue weighted by Gasteiger charge is -2.10. The quantitative estimate of drug-likeness (QED) is 0.363. The van der Waals surface area contributed by atoms with Gasteiger partial charge in [0.25, 0.3) is 0 Å². The van der Waals surface area contributed by atoms with Gasteiger partial charge in [-0.1, -0.05) is 0 Å². The largest absolute Gasteiger partial charge is 0.508 e. The summed E-state index contributed by atoms with van der Waals surface area (Å²) in [5.74, 6) is 0.483. The van der Waals surface area contributed by atoms with Crippen molar-refractivity contribution in [1.29, 1.82) is 0 Å². The number of rotatable bonds is 6. The zero-order valence-electron chi connectivity index (χ0n) is 13.7. The third-order valence-electron chi connectivity index (χ3n) is 2.95. The van der Waals surface area contributed by atoms with Crippen LogP contribution in [0.1, 0.15) is 16.8 Å². The Morgan fingerprint density at radius 1 is 1.29 bits per heavy atom. The van der Waals surface area contributed by atoms with Gasteiger partial charge in [-0.2, -0.15) is 0 Å². The van der Waals surface area contributed by atoms with Crippen molar-refractivity contribution in [2.24, 2.45) is 4.99 Å². The molecule has 2 rings (SSSR count). The maximum Gasteiger partial charge on any atom is 0.246 e. The molecule has 1 aromatic carbocycles. The molecule has 0 fully saturated rings. The summed E-state index contributed by atoms with van der Waals surface area (Å²) in [5.41, 5.74) is 0.615. The van der Waals surface area contributed by atoms with Gasteiger partial charge in [-0.15, -0.1) is 11.3 Å². The van der Waals surface area contributed by atoms with Crippen LogP contribution >= 0.6 is 11.3 Å². The minimum atomic E-state index is -0.233. The van der Waals surface area contributed by atoms with Crippen LogP contribution in [0.25, 0.3) is 0 Å². The van der Waals surface area contributed by atoms with Crippen LogP contribution in [0.5, 0.6) is 5.75 Å². The van der Waals surface area contributed by atoms with Gasteiger partial charge >= 0.3 is 0 Å². The van der Waals surface area contributed by atoms with E-state index in [0.717, 1.165) is 9.88 Å². The summed E-state index contributed by atoms with van der Waals surface area (Å²) >= 11 is 1.62. The first-order valence-electron chi connectivity index (χ1n) is 7.59. The van der Waals surface area contributed by atoms with E-state index in [0.29, 0.717) is 24.7 Å². The molecule has 0 bridgehead atoms. The Morgan fingerprint density at radius 2 is 2.04 bits per heavy atom. The summed E-state index contributed by atoms with van der Waals surface area (Å²) in [7, 11) is 0. The van der Waals surface area contributed by atoms with Crippen LogP contribution in [0.2, 0.25) is 0 Å². The average molecular weight is 347 g/mol. The molecule has 1 amide bonds. The molecule has 24 heavy (non-hydrogen) atoms. The lowest BCUT2D eigenvalue weighted by molar-refractivity contribution is -0.114. The predicted octanol–water partition coefficient (Wildman–Crippen LogP) is 1.85. The van der Waals surface area contributed by atoms with E-state index in [4.69, 9.17) is 0 Å².